The Labute approximate surface area is 114 Å². The summed E-state index contributed by atoms with van der Waals surface area (Å²) in [4.78, 5) is 25.6. The molecular weight excluding hydrogens is 244 g/mol. The van der Waals surface area contributed by atoms with Crippen LogP contribution in [0.1, 0.15) is 39.0 Å². The maximum absolute atomic E-state index is 12.1. The number of likely N-dealkylation sites (tertiary alicyclic amines) is 1. The third kappa shape index (κ3) is 4.49. The van der Waals surface area contributed by atoms with Crippen LogP contribution in [-0.4, -0.2) is 49.1 Å². The van der Waals surface area contributed by atoms with Gasteiger partial charge in [0.2, 0.25) is 5.91 Å². The lowest BCUT2D eigenvalue weighted by Crippen LogP contribution is -2.43. The monoisotopic (exact) mass is 268 g/mol. The molecule has 2 aliphatic rings. The van der Waals surface area contributed by atoms with Crippen LogP contribution >= 0.6 is 0 Å². The molecule has 19 heavy (non-hydrogen) atoms. The van der Waals surface area contributed by atoms with E-state index in [1.54, 1.807) is 0 Å². The molecule has 1 aliphatic carbocycles. The number of rotatable bonds is 6. The van der Waals surface area contributed by atoms with E-state index in [2.05, 4.69) is 5.32 Å². The molecule has 0 aromatic carbocycles. The number of nitrogens with zero attached hydrogens (tertiary/aromatic N) is 1. The van der Waals surface area contributed by atoms with E-state index in [-0.39, 0.29) is 17.8 Å². The van der Waals surface area contributed by atoms with Crippen molar-refractivity contribution in [1.29, 1.82) is 0 Å². The molecular formula is C14H24N2O3. The lowest BCUT2D eigenvalue weighted by molar-refractivity contribution is -0.151. The fourth-order valence-corrected chi connectivity index (χ4v) is 2.48. The molecule has 5 heteroatoms. The minimum absolute atomic E-state index is 0.131. The Hall–Kier alpha value is -1.10. The van der Waals surface area contributed by atoms with Gasteiger partial charge < -0.3 is 15.0 Å². The van der Waals surface area contributed by atoms with Crippen LogP contribution in [0.5, 0.6) is 0 Å². The molecule has 0 aromatic heterocycles. The van der Waals surface area contributed by atoms with Crippen LogP contribution in [0.3, 0.4) is 0 Å². The van der Waals surface area contributed by atoms with Crippen molar-refractivity contribution in [3.63, 3.8) is 0 Å². The van der Waals surface area contributed by atoms with Gasteiger partial charge in [-0.2, -0.15) is 0 Å². The third-order valence-corrected chi connectivity index (χ3v) is 3.74. The Morgan fingerprint density at radius 2 is 2.11 bits per heavy atom. The number of hydrogen-bond acceptors (Lipinski definition) is 4. The molecule has 2 fully saturated rings. The summed E-state index contributed by atoms with van der Waals surface area (Å²) < 4.78 is 5.04. The second-order valence-corrected chi connectivity index (χ2v) is 5.41. The molecule has 1 unspecified atom stereocenters. The average Bonchev–Trinajstić information content (AvgIpc) is 3.23. The first-order valence-electron chi connectivity index (χ1n) is 7.38. The highest BCUT2D eigenvalue weighted by molar-refractivity contribution is 5.78. The Morgan fingerprint density at radius 3 is 2.79 bits per heavy atom. The molecule has 0 spiro atoms. The Kier molecular flexibility index (Phi) is 5.19. The summed E-state index contributed by atoms with van der Waals surface area (Å²) >= 11 is 0. The van der Waals surface area contributed by atoms with Crippen LogP contribution in [-0.2, 0) is 14.3 Å². The summed E-state index contributed by atoms with van der Waals surface area (Å²) in [5.41, 5.74) is 0. The van der Waals surface area contributed by atoms with Gasteiger partial charge in [-0.3, -0.25) is 9.59 Å². The zero-order valence-corrected chi connectivity index (χ0v) is 11.7. The van der Waals surface area contributed by atoms with Gasteiger partial charge >= 0.3 is 5.97 Å². The molecule has 1 N–H and O–H groups in total. The summed E-state index contributed by atoms with van der Waals surface area (Å²) in [7, 11) is 0. The van der Waals surface area contributed by atoms with E-state index in [1.165, 1.54) is 12.8 Å². The molecule has 0 bridgehead atoms. The van der Waals surface area contributed by atoms with Crippen molar-refractivity contribution in [3.8, 4) is 0 Å². The highest BCUT2D eigenvalue weighted by Crippen LogP contribution is 2.20. The molecule has 0 radical (unpaired) electrons. The van der Waals surface area contributed by atoms with Gasteiger partial charge in [-0.25, -0.2) is 0 Å². The SMILES string of the molecule is CCOC(=O)C1CCCN(C(=O)CCNC2CC2)C1. The Morgan fingerprint density at radius 1 is 1.32 bits per heavy atom. The molecule has 1 amide bonds. The number of ether oxygens (including phenoxy) is 1. The van der Waals surface area contributed by atoms with Crippen LogP contribution in [0, 0.1) is 5.92 Å². The van der Waals surface area contributed by atoms with Crippen LogP contribution in [0.4, 0.5) is 0 Å². The maximum atomic E-state index is 12.1. The van der Waals surface area contributed by atoms with Gasteiger partial charge in [0.05, 0.1) is 12.5 Å². The minimum atomic E-state index is -0.156. The predicted octanol–water partition coefficient (Wildman–Crippen LogP) is 0.930. The zero-order valence-electron chi connectivity index (χ0n) is 11.7. The maximum Gasteiger partial charge on any atom is 0.310 e. The largest absolute Gasteiger partial charge is 0.466 e. The summed E-state index contributed by atoms with van der Waals surface area (Å²) in [6.07, 6.45) is 4.74. The molecule has 5 nitrogen and oxygen atoms in total. The highest BCUT2D eigenvalue weighted by atomic mass is 16.5. The normalized spacial score (nSPS) is 23.2. The summed E-state index contributed by atoms with van der Waals surface area (Å²) in [6, 6.07) is 0.640. The summed E-state index contributed by atoms with van der Waals surface area (Å²) in [5, 5.41) is 3.34. The molecule has 0 aromatic rings. The van der Waals surface area contributed by atoms with Gasteiger partial charge in [-0.1, -0.05) is 0 Å². The van der Waals surface area contributed by atoms with Gasteiger partial charge in [-0.05, 0) is 32.6 Å². The van der Waals surface area contributed by atoms with Crippen molar-refractivity contribution in [2.24, 2.45) is 5.92 Å². The quantitative estimate of drug-likeness (QED) is 0.728. The standard InChI is InChI=1S/C14H24N2O3/c1-2-19-14(18)11-4-3-9-16(10-11)13(17)7-8-15-12-5-6-12/h11-12,15H,2-10H2,1H3. The molecule has 2 rings (SSSR count). The van der Waals surface area contributed by atoms with Crippen LogP contribution in [0.25, 0.3) is 0 Å². The first kappa shape index (κ1) is 14.3. The van der Waals surface area contributed by atoms with Crippen molar-refractivity contribution in [2.75, 3.05) is 26.2 Å². The van der Waals surface area contributed by atoms with Gasteiger partial charge in [0, 0.05) is 32.1 Å². The van der Waals surface area contributed by atoms with E-state index in [4.69, 9.17) is 4.74 Å². The molecule has 1 atom stereocenters. The lowest BCUT2D eigenvalue weighted by atomic mass is 9.98. The number of amides is 1. The van der Waals surface area contributed by atoms with Crippen molar-refractivity contribution in [2.45, 2.75) is 45.1 Å². The average molecular weight is 268 g/mol. The second-order valence-electron chi connectivity index (χ2n) is 5.41. The molecule has 1 aliphatic heterocycles. The lowest BCUT2D eigenvalue weighted by Gasteiger charge is -2.31. The summed E-state index contributed by atoms with van der Waals surface area (Å²) in [5.74, 6) is -0.132. The zero-order chi connectivity index (χ0) is 13.7. The van der Waals surface area contributed by atoms with Crippen molar-refractivity contribution in [1.82, 2.24) is 10.2 Å². The number of esters is 1. The van der Waals surface area contributed by atoms with Crippen LogP contribution in [0.2, 0.25) is 0 Å². The van der Waals surface area contributed by atoms with Gasteiger partial charge in [-0.15, -0.1) is 0 Å². The number of nitrogens with one attached hydrogen (secondary N) is 1. The van der Waals surface area contributed by atoms with E-state index in [0.717, 1.165) is 25.9 Å². The number of carbonyl (C=O) groups excluding carboxylic acids is 2. The summed E-state index contributed by atoms with van der Waals surface area (Å²) in [6.45, 7) is 4.28. The third-order valence-electron chi connectivity index (χ3n) is 3.74. The molecule has 1 saturated heterocycles. The van der Waals surface area contributed by atoms with Crippen molar-refractivity contribution < 1.29 is 14.3 Å². The van der Waals surface area contributed by atoms with E-state index in [9.17, 15) is 9.59 Å². The fraction of sp³-hybridized carbons (Fsp3) is 0.857. The minimum Gasteiger partial charge on any atom is -0.466 e. The number of hydrogen-bond donors (Lipinski definition) is 1. The number of carbonyl (C=O) groups is 2. The molecule has 1 heterocycles. The van der Waals surface area contributed by atoms with Crippen molar-refractivity contribution >= 4 is 11.9 Å². The first-order valence-corrected chi connectivity index (χ1v) is 7.38. The smallest absolute Gasteiger partial charge is 0.310 e. The fourth-order valence-electron chi connectivity index (χ4n) is 2.48. The van der Waals surface area contributed by atoms with Gasteiger partial charge in [0.15, 0.2) is 0 Å². The van der Waals surface area contributed by atoms with E-state index < -0.39 is 0 Å². The topological polar surface area (TPSA) is 58.6 Å². The number of piperidine rings is 1. The Balaban J connectivity index is 1.72. The second kappa shape index (κ2) is 6.89. The predicted molar refractivity (Wildman–Crippen MR) is 71.6 cm³/mol. The van der Waals surface area contributed by atoms with Crippen molar-refractivity contribution in [3.05, 3.63) is 0 Å². The molecule has 108 valence electrons. The van der Waals surface area contributed by atoms with Crippen LogP contribution in [0.15, 0.2) is 0 Å². The van der Waals surface area contributed by atoms with Gasteiger partial charge in [0.1, 0.15) is 0 Å². The van der Waals surface area contributed by atoms with E-state index >= 15 is 0 Å². The molecule has 1 saturated carbocycles. The first-order chi connectivity index (χ1) is 9.20. The highest BCUT2D eigenvalue weighted by Gasteiger charge is 2.29. The van der Waals surface area contributed by atoms with E-state index in [0.29, 0.717) is 25.6 Å². The van der Waals surface area contributed by atoms with E-state index in [1.807, 2.05) is 11.8 Å². The Bertz CT molecular complexity index is 329. The van der Waals surface area contributed by atoms with Crippen LogP contribution < -0.4 is 5.32 Å². The van der Waals surface area contributed by atoms with Gasteiger partial charge in [0.25, 0.3) is 0 Å².